The van der Waals surface area contributed by atoms with Gasteiger partial charge >= 0.3 is 5.97 Å². The summed E-state index contributed by atoms with van der Waals surface area (Å²) in [5, 5.41) is 0. The van der Waals surface area contributed by atoms with Crippen molar-refractivity contribution >= 4 is 23.4 Å². The fraction of sp³-hybridized carbons (Fsp3) is 0.0625. The van der Waals surface area contributed by atoms with Crippen molar-refractivity contribution in [3.05, 3.63) is 65.7 Å². The number of carbonyl (C=O) groups is 1. The molecule has 0 heterocycles. The summed E-state index contributed by atoms with van der Waals surface area (Å²) < 4.78 is 5.12. The smallest absolute Gasteiger partial charge is 0.331 e. The first-order valence-electron chi connectivity index (χ1n) is 6.18. The van der Waals surface area contributed by atoms with Crippen LogP contribution >= 0.6 is 0 Å². The number of hydrogen-bond acceptors (Lipinski definition) is 4. The lowest BCUT2D eigenvalue weighted by atomic mass is 10.2. The average Bonchev–Trinajstić information content (AvgIpc) is 2.43. The third kappa shape index (κ3) is 4.17. The quantitative estimate of drug-likeness (QED) is 0.507. The number of carbonyl (C=O) groups excluding carboxylic acids is 1. The average molecular weight is 268 g/mol. The van der Waals surface area contributed by atoms with Crippen molar-refractivity contribution in [1.82, 2.24) is 0 Å². The van der Waals surface area contributed by atoms with Crippen LogP contribution in [0.5, 0.6) is 0 Å². The molecule has 0 aliphatic carbocycles. The third-order valence-corrected chi connectivity index (χ3v) is 2.63. The van der Waals surface area contributed by atoms with Crippen molar-refractivity contribution in [2.75, 3.05) is 11.5 Å². The minimum Gasteiger partial charge on any atom is -0.458 e. The summed E-state index contributed by atoms with van der Waals surface area (Å²) >= 11 is 0. The molecular weight excluding hydrogens is 252 g/mol. The summed E-state index contributed by atoms with van der Waals surface area (Å²) in [6.45, 7) is 0.146. The normalized spacial score (nSPS) is 10.6. The van der Waals surface area contributed by atoms with Gasteiger partial charge < -0.3 is 16.2 Å². The van der Waals surface area contributed by atoms with Gasteiger partial charge in [0.1, 0.15) is 6.61 Å². The molecule has 4 nitrogen and oxygen atoms in total. The lowest BCUT2D eigenvalue weighted by Gasteiger charge is -2.05. The Labute approximate surface area is 117 Å². The van der Waals surface area contributed by atoms with Crippen LogP contribution in [0.3, 0.4) is 0 Å². The first-order valence-corrected chi connectivity index (χ1v) is 6.18. The maximum atomic E-state index is 11.6. The van der Waals surface area contributed by atoms with Crippen molar-refractivity contribution in [2.24, 2.45) is 0 Å². The molecule has 0 unspecified atom stereocenters. The largest absolute Gasteiger partial charge is 0.458 e. The minimum absolute atomic E-state index is 0.146. The topological polar surface area (TPSA) is 78.3 Å². The Bertz CT molecular complexity index is 601. The van der Waals surface area contributed by atoms with Gasteiger partial charge in [0.15, 0.2) is 0 Å². The van der Waals surface area contributed by atoms with E-state index in [4.69, 9.17) is 16.2 Å². The molecule has 0 spiro atoms. The fourth-order valence-electron chi connectivity index (χ4n) is 1.76. The zero-order valence-corrected chi connectivity index (χ0v) is 11.0. The maximum Gasteiger partial charge on any atom is 0.331 e. The number of benzene rings is 2. The molecular formula is C16H16N2O2. The van der Waals surface area contributed by atoms with E-state index in [1.54, 1.807) is 24.3 Å². The summed E-state index contributed by atoms with van der Waals surface area (Å²) in [4.78, 5) is 11.6. The molecule has 0 bridgehead atoms. The van der Waals surface area contributed by atoms with E-state index < -0.39 is 5.97 Å². The SMILES string of the molecule is Nc1cc(N)cc(COC(=O)C=Cc2ccccc2)c1. The molecule has 0 aromatic heterocycles. The Morgan fingerprint density at radius 3 is 2.35 bits per heavy atom. The van der Waals surface area contributed by atoms with Crippen LogP contribution in [0.25, 0.3) is 6.08 Å². The monoisotopic (exact) mass is 268 g/mol. The Kier molecular flexibility index (Phi) is 4.39. The maximum absolute atomic E-state index is 11.6. The number of hydrogen-bond donors (Lipinski definition) is 2. The van der Waals surface area contributed by atoms with Gasteiger partial charge in [0.2, 0.25) is 0 Å². The van der Waals surface area contributed by atoms with Crippen LogP contribution in [0.15, 0.2) is 54.6 Å². The number of nitrogen functional groups attached to an aromatic ring is 2. The van der Waals surface area contributed by atoms with E-state index in [-0.39, 0.29) is 6.61 Å². The number of esters is 1. The van der Waals surface area contributed by atoms with Crippen molar-refractivity contribution in [3.8, 4) is 0 Å². The van der Waals surface area contributed by atoms with Gasteiger partial charge in [0, 0.05) is 17.5 Å². The first kappa shape index (κ1) is 13.7. The second-order valence-electron chi connectivity index (χ2n) is 4.36. The van der Waals surface area contributed by atoms with E-state index in [0.29, 0.717) is 11.4 Å². The minimum atomic E-state index is -0.408. The Hall–Kier alpha value is -2.75. The van der Waals surface area contributed by atoms with Gasteiger partial charge in [0.25, 0.3) is 0 Å². The molecule has 0 fully saturated rings. The highest BCUT2D eigenvalue weighted by Gasteiger charge is 2.01. The Morgan fingerprint density at radius 1 is 1.05 bits per heavy atom. The second kappa shape index (κ2) is 6.43. The van der Waals surface area contributed by atoms with Gasteiger partial charge in [-0.25, -0.2) is 4.79 Å². The van der Waals surface area contributed by atoms with E-state index in [0.717, 1.165) is 11.1 Å². The van der Waals surface area contributed by atoms with Gasteiger partial charge in [-0.15, -0.1) is 0 Å². The van der Waals surface area contributed by atoms with Crippen molar-refractivity contribution in [3.63, 3.8) is 0 Å². The summed E-state index contributed by atoms with van der Waals surface area (Å²) in [5.41, 5.74) is 14.1. The molecule has 4 N–H and O–H groups in total. The predicted molar refractivity (Wildman–Crippen MR) is 80.5 cm³/mol. The molecule has 0 saturated carbocycles. The fourth-order valence-corrected chi connectivity index (χ4v) is 1.76. The predicted octanol–water partition coefficient (Wildman–Crippen LogP) is 2.61. The highest BCUT2D eigenvalue weighted by molar-refractivity contribution is 5.87. The highest BCUT2D eigenvalue weighted by Crippen LogP contribution is 2.14. The summed E-state index contributed by atoms with van der Waals surface area (Å²) in [6, 6.07) is 14.6. The zero-order chi connectivity index (χ0) is 14.4. The van der Waals surface area contributed by atoms with Crippen LogP contribution in [0.2, 0.25) is 0 Å². The van der Waals surface area contributed by atoms with E-state index in [1.807, 2.05) is 30.3 Å². The van der Waals surface area contributed by atoms with E-state index >= 15 is 0 Å². The molecule has 0 saturated heterocycles. The Morgan fingerprint density at radius 2 is 1.70 bits per heavy atom. The lowest BCUT2D eigenvalue weighted by molar-refractivity contribution is -0.138. The van der Waals surface area contributed by atoms with Crippen LogP contribution < -0.4 is 11.5 Å². The molecule has 4 heteroatoms. The van der Waals surface area contributed by atoms with E-state index in [1.165, 1.54) is 6.08 Å². The van der Waals surface area contributed by atoms with Crippen molar-refractivity contribution in [2.45, 2.75) is 6.61 Å². The highest BCUT2D eigenvalue weighted by atomic mass is 16.5. The van der Waals surface area contributed by atoms with Crippen LogP contribution in [0.4, 0.5) is 11.4 Å². The standard InChI is InChI=1S/C16H16N2O2/c17-14-8-13(9-15(18)10-14)11-20-16(19)7-6-12-4-2-1-3-5-12/h1-10H,11,17-18H2. The molecule has 0 aliphatic heterocycles. The first-order chi connectivity index (χ1) is 9.63. The van der Waals surface area contributed by atoms with Crippen LogP contribution in [0.1, 0.15) is 11.1 Å². The molecule has 20 heavy (non-hydrogen) atoms. The third-order valence-electron chi connectivity index (χ3n) is 2.63. The van der Waals surface area contributed by atoms with E-state index in [9.17, 15) is 4.79 Å². The van der Waals surface area contributed by atoms with Crippen molar-refractivity contribution in [1.29, 1.82) is 0 Å². The molecule has 0 aliphatic rings. The molecule has 0 atom stereocenters. The van der Waals surface area contributed by atoms with Gasteiger partial charge in [-0.2, -0.15) is 0 Å². The van der Waals surface area contributed by atoms with E-state index in [2.05, 4.69) is 0 Å². The summed E-state index contributed by atoms with van der Waals surface area (Å²) in [6.07, 6.45) is 3.10. The summed E-state index contributed by atoms with van der Waals surface area (Å²) in [7, 11) is 0. The van der Waals surface area contributed by atoms with Crippen LogP contribution in [-0.4, -0.2) is 5.97 Å². The number of rotatable bonds is 4. The van der Waals surface area contributed by atoms with Crippen LogP contribution in [-0.2, 0) is 16.1 Å². The lowest BCUT2D eigenvalue weighted by Crippen LogP contribution is -2.02. The van der Waals surface area contributed by atoms with Gasteiger partial charge in [0.05, 0.1) is 0 Å². The molecule has 2 aromatic carbocycles. The molecule has 102 valence electrons. The van der Waals surface area contributed by atoms with Gasteiger partial charge in [-0.05, 0) is 35.4 Å². The second-order valence-corrected chi connectivity index (χ2v) is 4.36. The molecule has 0 amide bonds. The van der Waals surface area contributed by atoms with Gasteiger partial charge in [-0.3, -0.25) is 0 Å². The number of nitrogens with two attached hydrogens (primary N) is 2. The molecule has 2 rings (SSSR count). The van der Waals surface area contributed by atoms with Crippen molar-refractivity contribution < 1.29 is 9.53 Å². The Balaban J connectivity index is 1.91. The molecule has 2 aromatic rings. The summed E-state index contributed by atoms with van der Waals surface area (Å²) in [5.74, 6) is -0.408. The van der Waals surface area contributed by atoms with Gasteiger partial charge in [-0.1, -0.05) is 30.3 Å². The van der Waals surface area contributed by atoms with Crippen LogP contribution in [0, 0.1) is 0 Å². The zero-order valence-electron chi connectivity index (χ0n) is 11.0. The molecule has 0 radical (unpaired) electrons. The number of anilines is 2. The number of ether oxygens (including phenoxy) is 1.